The zero-order valence-electron chi connectivity index (χ0n) is 16.2. The van der Waals surface area contributed by atoms with Crippen LogP contribution in [0.4, 0.5) is 5.13 Å². The minimum atomic E-state index is -0.219. The van der Waals surface area contributed by atoms with Crippen molar-refractivity contribution in [2.45, 2.75) is 19.8 Å². The van der Waals surface area contributed by atoms with Gasteiger partial charge in [-0.1, -0.05) is 49.4 Å². The Hall–Kier alpha value is -3.32. The molecule has 4 aromatic rings. The molecule has 0 unspecified atom stereocenters. The van der Waals surface area contributed by atoms with E-state index in [0.29, 0.717) is 21.6 Å². The highest BCUT2D eigenvalue weighted by molar-refractivity contribution is 7.14. The molecule has 0 atom stereocenters. The zero-order chi connectivity index (χ0) is 20.4. The summed E-state index contributed by atoms with van der Waals surface area (Å²) >= 11 is 1.38. The van der Waals surface area contributed by atoms with Gasteiger partial charge in [0.2, 0.25) is 5.91 Å². The van der Waals surface area contributed by atoms with Gasteiger partial charge in [0.05, 0.1) is 23.2 Å². The van der Waals surface area contributed by atoms with Gasteiger partial charge >= 0.3 is 0 Å². The van der Waals surface area contributed by atoms with Gasteiger partial charge in [-0.05, 0) is 18.1 Å². The third-order valence-electron chi connectivity index (χ3n) is 4.77. The van der Waals surface area contributed by atoms with E-state index in [1.54, 1.807) is 19.2 Å². The highest BCUT2D eigenvalue weighted by Gasteiger charge is 2.14. The lowest BCUT2D eigenvalue weighted by atomic mass is 10.1. The first-order valence-corrected chi connectivity index (χ1v) is 10.2. The van der Waals surface area contributed by atoms with Gasteiger partial charge in [-0.3, -0.25) is 9.59 Å². The number of hydrogen-bond acceptors (Lipinski definition) is 5. The molecule has 0 aliphatic heterocycles. The molecular weight excluding hydrogens is 384 g/mol. The van der Waals surface area contributed by atoms with Crippen LogP contribution in [0.5, 0.6) is 0 Å². The van der Waals surface area contributed by atoms with E-state index >= 15 is 0 Å². The molecule has 0 spiro atoms. The van der Waals surface area contributed by atoms with Gasteiger partial charge < -0.3 is 5.32 Å². The highest BCUT2D eigenvalue weighted by atomic mass is 32.1. The van der Waals surface area contributed by atoms with Crippen molar-refractivity contribution in [2.24, 2.45) is 7.05 Å². The number of carbonyl (C=O) groups is 1. The summed E-state index contributed by atoms with van der Waals surface area (Å²) in [6.45, 7) is 2.12. The van der Waals surface area contributed by atoms with Crippen LogP contribution in [0.25, 0.3) is 22.0 Å². The van der Waals surface area contributed by atoms with Gasteiger partial charge in [0.15, 0.2) is 5.13 Å². The maximum atomic E-state index is 12.6. The van der Waals surface area contributed by atoms with E-state index in [2.05, 4.69) is 34.5 Å². The van der Waals surface area contributed by atoms with Crippen LogP contribution in [0, 0.1) is 0 Å². The second-order valence-corrected chi connectivity index (χ2v) is 7.59. The molecule has 1 N–H and O–H groups in total. The lowest BCUT2D eigenvalue weighted by Gasteiger charge is -2.07. The molecule has 0 saturated carbocycles. The Balaban J connectivity index is 1.52. The lowest BCUT2D eigenvalue weighted by molar-refractivity contribution is -0.115. The molecule has 6 nitrogen and oxygen atoms in total. The van der Waals surface area contributed by atoms with Crippen molar-refractivity contribution < 1.29 is 4.79 Å². The normalized spacial score (nSPS) is 11.0. The predicted molar refractivity (Wildman–Crippen MR) is 116 cm³/mol. The number of nitrogens with one attached hydrogen (secondary N) is 1. The molecule has 29 heavy (non-hydrogen) atoms. The smallest absolute Gasteiger partial charge is 0.274 e. The summed E-state index contributed by atoms with van der Waals surface area (Å²) in [4.78, 5) is 29.3. The third-order valence-corrected chi connectivity index (χ3v) is 5.53. The first kappa shape index (κ1) is 19.0. The van der Waals surface area contributed by atoms with Gasteiger partial charge in [0.1, 0.15) is 0 Å². The lowest BCUT2D eigenvalue weighted by Crippen LogP contribution is -2.24. The Morgan fingerprint density at radius 2 is 1.83 bits per heavy atom. The molecule has 0 fully saturated rings. The number of anilines is 1. The Morgan fingerprint density at radius 3 is 2.55 bits per heavy atom. The Morgan fingerprint density at radius 1 is 1.10 bits per heavy atom. The quantitative estimate of drug-likeness (QED) is 0.549. The van der Waals surface area contributed by atoms with Crippen molar-refractivity contribution >= 4 is 33.1 Å². The zero-order valence-corrected chi connectivity index (χ0v) is 17.0. The summed E-state index contributed by atoms with van der Waals surface area (Å²) in [5, 5.41) is 10.8. The van der Waals surface area contributed by atoms with Gasteiger partial charge in [0, 0.05) is 23.4 Å². The van der Waals surface area contributed by atoms with Crippen molar-refractivity contribution in [1.29, 1.82) is 0 Å². The fraction of sp³-hybridized carbons (Fsp3) is 0.182. The molecule has 0 aliphatic rings. The van der Waals surface area contributed by atoms with Crippen LogP contribution in [0.15, 0.2) is 58.7 Å². The first-order valence-electron chi connectivity index (χ1n) is 9.34. The standard InChI is InChI=1S/C22H20N4O2S/c1-3-14-8-10-15(11-9-14)19-13-29-22(23-19)24-20(27)12-18-16-6-4-5-7-17(16)21(28)26(2)25-18/h4-11,13H,3,12H2,1-2H3,(H,23,24,27). The molecule has 1 amide bonds. The number of aromatic nitrogens is 3. The number of carbonyl (C=O) groups excluding carboxylic acids is 1. The minimum absolute atomic E-state index is 0.0642. The van der Waals surface area contributed by atoms with Gasteiger partial charge in [-0.25, -0.2) is 9.67 Å². The fourth-order valence-electron chi connectivity index (χ4n) is 3.20. The van der Waals surface area contributed by atoms with Gasteiger partial charge in [-0.15, -0.1) is 11.3 Å². The molecule has 0 bridgehead atoms. The molecule has 7 heteroatoms. The van der Waals surface area contributed by atoms with E-state index in [1.807, 2.05) is 29.6 Å². The van der Waals surface area contributed by atoms with E-state index in [0.717, 1.165) is 17.7 Å². The van der Waals surface area contributed by atoms with Gasteiger partial charge in [0.25, 0.3) is 5.56 Å². The topological polar surface area (TPSA) is 76.9 Å². The van der Waals surface area contributed by atoms with E-state index in [9.17, 15) is 9.59 Å². The Bertz CT molecular complexity index is 1240. The molecule has 2 aromatic carbocycles. The molecule has 0 saturated heterocycles. The SMILES string of the molecule is CCc1ccc(-c2csc(NC(=O)Cc3nn(C)c(=O)c4ccccc34)n2)cc1. The van der Waals surface area contributed by atoms with Crippen molar-refractivity contribution in [1.82, 2.24) is 14.8 Å². The summed E-state index contributed by atoms with van der Waals surface area (Å²) in [6.07, 6.45) is 1.06. The summed E-state index contributed by atoms with van der Waals surface area (Å²) in [7, 11) is 1.59. The van der Waals surface area contributed by atoms with Crippen molar-refractivity contribution in [3.05, 3.63) is 75.5 Å². The predicted octanol–water partition coefficient (Wildman–Crippen LogP) is 3.80. The Labute approximate surface area is 171 Å². The van der Waals surface area contributed by atoms with Crippen molar-refractivity contribution in [3.8, 4) is 11.3 Å². The molecule has 4 rings (SSSR count). The number of hydrogen-bond donors (Lipinski definition) is 1. The van der Waals surface area contributed by atoms with E-state index in [1.165, 1.54) is 21.6 Å². The van der Waals surface area contributed by atoms with Gasteiger partial charge in [-0.2, -0.15) is 5.10 Å². The summed E-state index contributed by atoms with van der Waals surface area (Å²) in [6, 6.07) is 15.5. The Kier molecular flexibility index (Phi) is 5.22. The number of nitrogens with zero attached hydrogens (tertiary/aromatic N) is 3. The molecule has 146 valence electrons. The van der Waals surface area contributed by atoms with Crippen LogP contribution in [0.2, 0.25) is 0 Å². The van der Waals surface area contributed by atoms with Crippen LogP contribution >= 0.6 is 11.3 Å². The third kappa shape index (κ3) is 3.95. The molecule has 0 radical (unpaired) electrons. The number of rotatable bonds is 5. The van der Waals surface area contributed by atoms with Crippen LogP contribution in [-0.2, 0) is 24.7 Å². The maximum absolute atomic E-state index is 12.6. The minimum Gasteiger partial charge on any atom is -0.302 e. The number of amides is 1. The van der Waals surface area contributed by atoms with Crippen LogP contribution in [0.3, 0.4) is 0 Å². The number of benzene rings is 2. The van der Waals surface area contributed by atoms with E-state index < -0.39 is 0 Å². The van der Waals surface area contributed by atoms with E-state index in [4.69, 9.17) is 0 Å². The summed E-state index contributed by atoms with van der Waals surface area (Å²) in [5.41, 5.74) is 3.51. The summed E-state index contributed by atoms with van der Waals surface area (Å²) in [5.74, 6) is -0.219. The number of fused-ring (bicyclic) bond motifs is 1. The number of thiazole rings is 1. The second kappa shape index (κ2) is 7.97. The summed E-state index contributed by atoms with van der Waals surface area (Å²) < 4.78 is 1.27. The molecule has 2 aromatic heterocycles. The monoisotopic (exact) mass is 404 g/mol. The van der Waals surface area contributed by atoms with Crippen molar-refractivity contribution in [3.63, 3.8) is 0 Å². The fourth-order valence-corrected chi connectivity index (χ4v) is 3.93. The van der Waals surface area contributed by atoms with E-state index in [-0.39, 0.29) is 17.9 Å². The molecule has 0 aliphatic carbocycles. The average molecular weight is 404 g/mol. The van der Waals surface area contributed by atoms with Crippen LogP contribution in [0.1, 0.15) is 18.2 Å². The number of aryl methyl sites for hydroxylation is 2. The molecular formula is C22H20N4O2S. The second-order valence-electron chi connectivity index (χ2n) is 6.73. The highest BCUT2D eigenvalue weighted by Crippen LogP contribution is 2.25. The largest absolute Gasteiger partial charge is 0.302 e. The average Bonchev–Trinajstić information content (AvgIpc) is 3.20. The van der Waals surface area contributed by atoms with Crippen LogP contribution in [-0.4, -0.2) is 20.7 Å². The van der Waals surface area contributed by atoms with Crippen molar-refractivity contribution in [2.75, 3.05) is 5.32 Å². The van der Waals surface area contributed by atoms with Crippen LogP contribution < -0.4 is 10.9 Å². The first-order chi connectivity index (χ1) is 14.0. The molecule has 2 heterocycles. The maximum Gasteiger partial charge on any atom is 0.274 e.